The van der Waals surface area contributed by atoms with Crippen LogP contribution in [-0.2, 0) is 15.9 Å². The van der Waals surface area contributed by atoms with Gasteiger partial charge in [0.1, 0.15) is 0 Å². The second-order valence-corrected chi connectivity index (χ2v) is 5.01. The number of benzene rings is 1. The molecule has 20 heavy (non-hydrogen) atoms. The molecule has 4 nitrogen and oxygen atoms in total. The molecular formula is C15H25ClN2O2. The molecule has 0 aliphatic heterocycles. The number of halogens is 1. The number of anilines is 1. The van der Waals surface area contributed by atoms with E-state index in [2.05, 4.69) is 11.0 Å². The first-order valence-corrected chi connectivity index (χ1v) is 7.32. The van der Waals surface area contributed by atoms with Crippen LogP contribution in [0.15, 0.2) is 18.2 Å². The van der Waals surface area contributed by atoms with Gasteiger partial charge < -0.3 is 20.1 Å². The molecule has 0 saturated carbocycles. The normalized spacial score (nSPS) is 10.8. The van der Waals surface area contributed by atoms with E-state index in [0.717, 1.165) is 48.8 Å². The van der Waals surface area contributed by atoms with Crippen LogP contribution in [0.4, 0.5) is 5.69 Å². The molecule has 0 unspecified atom stereocenters. The van der Waals surface area contributed by atoms with Crippen molar-refractivity contribution in [3.05, 3.63) is 28.8 Å². The summed E-state index contributed by atoms with van der Waals surface area (Å²) >= 11 is 6.31. The molecule has 0 aromatic heterocycles. The average molecular weight is 301 g/mol. The topological polar surface area (TPSA) is 47.7 Å². The van der Waals surface area contributed by atoms with Gasteiger partial charge in [-0.3, -0.25) is 0 Å². The van der Waals surface area contributed by atoms with E-state index in [1.54, 1.807) is 14.2 Å². The molecule has 0 aliphatic rings. The zero-order valence-corrected chi connectivity index (χ0v) is 13.2. The van der Waals surface area contributed by atoms with Crippen LogP contribution in [-0.4, -0.2) is 47.1 Å². The fourth-order valence-electron chi connectivity index (χ4n) is 2.19. The molecule has 1 rings (SSSR count). The van der Waals surface area contributed by atoms with Crippen molar-refractivity contribution >= 4 is 17.3 Å². The zero-order valence-electron chi connectivity index (χ0n) is 12.4. The fourth-order valence-corrected chi connectivity index (χ4v) is 2.45. The van der Waals surface area contributed by atoms with Crippen molar-refractivity contribution < 1.29 is 9.47 Å². The summed E-state index contributed by atoms with van der Waals surface area (Å²) in [6.07, 6.45) is 1.75. The Morgan fingerprint density at radius 2 is 1.90 bits per heavy atom. The first-order valence-electron chi connectivity index (χ1n) is 6.94. The summed E-state index contributed by atoms with van der Waals surface area (Å²) in [5, 5.41) is 0.780. The second-order valence-electron chi connectivity index (χ2n) is 4.60. The van der Waals surface area contributed by atoms with E-state index in [4.69, 9.17) is 26.8 Å². The van der Waals surface area contributed by atoms with Crippen molar-refractivity contribution in [2.24, 2.45) is 5.73 Å². The molecule has 1 aromatic carbocycles. The first-order chi connectivity index (χ1) is 9.74. The standard InChI is InChI=1S/C15H25ClN2O2/c1-19-11-4-9-18(10-12-20-2)15-6-3-5-14(16)13(15)7-8-17/h3,5-6H,4,7-12,17H2,1-2H3. The van der Waals surface area contributed by atoms with Gasteiger partial charge in [-0.2, -0.15) is 0 Å². The van der Waals surface area contributed by atoms with Crippen molar-refractivity contribution in [3.8, 4) is 0 Å². The number of rotatable bonds is 10. The molecule has 0 heterocycles. The lowest BCUT2D eigenvalue weighted by Gasteiger charge is -2.27. The summed E-state index contributed by atoms with van der Waals surface area (Å²) in [4.78, 5) is 2.29. The van der Waals surface area contributed by atoms with Gasteiger partial charge in [0, 0.05) is 44.6 Å². The SMILES string of the molecule is COCCCN(CCOC)c1cccc(Cl)c1CCN. The second kappa shape index (κ2) is 10.00. The molecule has 0 saturated heterocycles. The Morgan fingerprint density at radius 3 is 2.55 bits per heavy atom. The number of ether oxygens (including phenoxy) is 2. The monoisotopic (exact) mass is 300 g/mol. The van der Waals surface area contributed by atoms with E-state index in [1.807, 2.05) is 12.1 Å². The van der Waals surface area contributed by atoms with Crippen LogP contribution in [0.5, 0.6) is 0 Å². The summed E-state index contributed by atoms with van der Waals surface area (Å²) in [5.41, 5.74) is 7.96. The molecule has 0 radical (unpaired) electrons. The minimum atomic E-state index is 0.590. The van der Waals surface area contributed by atoms with Crippen molar-refractivity contribution in [1.29, 1.82) is 0 Å². The van der Waals surface area contributed by atoms with Gasteiger partial charge in [0.15, 0.2) is 0 Å². The van der Waals surface area contributed by atoms with Crippen LogP contribution in [0, 0.1) is 0 Å². The Morgan fingerprint density at radius 1 is 1.15 bits per heavy atom. The highest BCUT2D eigenvalue weighted by Gasteiger charge is 2.13. The zero-order chi connectivity index (χ0) is 14.8. The Hall–Kier alpha value is -0.810. The quantitative estimate of drug-likeness (QED) is 0.674. The maximum atomic E-state index is 6.31. The highest BCUT2D eigenvalue weighted by atomic mass is 35.5. The smallest absolute Gasteiger partial charge is 0.0637 e. The van der Waals surface area contributed by atoms with Gasteiger partial charge in [-0.05, 0) is 37.1 Å². The summed E-state index contributed by atoms with van der Waals surface area (Å²) in [6, 6.07) is 5.99. The number of methoxy groups -OCH3 is 2. The fraction of sp³-hybridized carbons (Fsp3) is 0.600. The van der Waals surface area contributed by atoms with Crippen molar-refractivity contribution in [3.63, 3.8) is 0 Å². The average Bonchev–Trinajstić information content (AvgIpc) is 2.45. The number of hydrogen-bond donors (Lipinski definition) is 1. The molecular weight excluding hydrogens is 276 g/mol. The van der Waals surface area contributed by atoms with E-state index >= 15 is 0 Å². The highest BCUT2D eigenvalue weighted by molar-refractivity contribution is 6.31. The van der Waals surface area contributed by atoms with Crippen LogP contribution in [0.3, 0.4) is 0 Å². The third-order valence-corrected chi connectivity index (χ3v) is 3.53. The van der Waals surface area contributed by atoms with Gasteiger partial charge in [0.25, 0.3) is 0 Å². The predicted molar refractivity (Wildman–Crippen MR) is 84.8 cm³/mol. The van der Waals surface area contributed by atoms with Crippen LogP contribution in [0.25, 0.3) is 0 Å². The van der Waals surface area contributed by atoms with Gasteiger partial charge in [-0.25, -0.2) is 0 Å². The molecule has 0 atom stereocenters. The minimum absolute atomic E-state index is 0.590. The van der Waals surface area contributed by atoms with E-state index in [-0.39, 0.29) is 0 Å². The largest absolute Gasteiger partial charge is 0.385 e. The Bertz CT molecular complexity index is 388. The van der Waals surface area contributed by atoms with Gasteiger partial charge in [0.2, 0.25) is 0 Å². The highest BCUT2D eigenvalue weighted by Crippen LogP contribution is 2.28. The maximum Gasteiger partial charge on any atom is 0.0637 e. The van der Waals surface area contributed by atoms with E-state index in [9.17, 15) is 0 Å². The molecule has 0 spiro atoms. The Kier molecular flexibility index (Phi) is 8.62. The lowest BCUT2D eigenvalue weighted by atomic mass is 10.1. The summed E-state index contributed by atoms with van der Waals surface area (Å²) < 4.78 is 10.3. The Labute approximate surface area is 126 Å². The molecule has 0 aliphatic carbocycles. The van der Waals surface area contributed by atoms with Crippen LogP contribution in [0.1, 0.15) is 12.0 Å². The Balaban J connectivity index is 2.89. The molecule has 0 amide bonds. The lowest BCUT2D eigenvalue weighted by Crippen LogP contribution is -2.30. The van der Waals surface area contributed by atoms with Crippen molar-refractivity contribution in [2.75, 3.05) is 52.0 Å². The molecule has 2 N–H and O–H groups in total. The van der Waals surface area contributed by atoms with Gasteiger partial charge in [0.05, 0.1) is 6.61 Å². The molecule has 114 valence electrons. The van der Waals surface area contributed by atoms with Gasteiger partial charge in [-0.15, -0.1) is 0 Å². The number of nitrogens with two attached hydrogens (primary N) is 1. The third kappa shape index (κ3) is 5.29. The first kappa shape index (κ1) is 17.2. The minimum Gasteiger partial charge on any atom is -0.385 e. The van der Waals surface area contributed by atoms with Crippen LogP contribution < -0.4 is 10.6 Å². The third-order valence-electron chi connectivity index (χ3n) is 3.17. The summed E-state index contributed by atoms with van der Waals surface area (Å²) in [7, 11) is 3.44. The van der Waals surface area contributed by atoms with Crippen molar-refractivity contribution in [2.45, 2.75) is 12.8 Å². The molecule has 0 bridgehead atoms. The van der Waals surface area contributed by atoms with Gasteiger partial charge >= 0.3 is 0 Å². The van der Waals surface area contributed by atoms with Crippen molar-refractivity contribution in [1.82, 2.24) is 0 Å². The van der Waals surface area contributed by atoms with E-state index in [1.165, 1.54) is 0 Å². The molecule has 5 heteroatoms. The van der Waals surface area contributed by atoms with Gasteiger partial charge in [-0.1, -0.05) is 17.7 Å². The predicted octanol–water partition coefficient (Wildman–Crippen LogP) is 2.33. The number of nitrogens with zero attached hydrogens (tertiary/aromatic N) is 1. The summed E-state index contributed by atoms with van der Waals surface area (Å²) in [6.45, 7) is 3.76. The molecule has 0 fully saturated rings. The van der Waals surface area contributed by atoms with Crippen LogP contribution >= 0.6 is 11.6 Å². The van der Waals surface area contributed by atoms with E-state index in [0.29, 0.717) is 13.2 Å². The summed E-state index contributed by atoms with van der Waals surface area (Å²) in [5.74, 6) is 0. The number of hydrogen-bond acceptors (Lipinski definition) is 4. The van der Waals surface area contributed by atoms with E-state index < -0.39 is 0 Å². The lowest BCUT2D eigenvalue weighted by molar-refractivity contribution is 0.191. The maximum absolute atomic E-state index is 6.31. The van der Waals surface area contributed by atoms with Crippen LogP contribution in [0.2, 0.25) is 5.02 Å². The molecule has 1 aromatic rings.